The number of rotatable bonds is 5. The van der Waals surface area contributed by atoms with Crippen molar-refractivity contribution < 1.29 is 19.1 Å². The van der Waals surface area contributed by atoms with Gasteiger partial charge >= 0.3 is 0 Å². The highest BCUT2D eigenvalue weighted by atomic mass is 16.5. The Kier molecular flexibility index (Phi) is 6.01. The molecule has 1 aliphatic carbocycles. The second-order valence-electron chi connectivity index (χ2n) is 7.04. The normalized spacial score (nSPS) is 18.1. The molecule has 3 rings (SSSR count). The minimum absolute atomic E-state index is 0.0643. The predicted molar refractivity (Wildman–Crippen MR) is 98.4 cm³/mol. The standard InChI is InChI=1S/C20H28N2O4/c1-25-17-7-8-18(26-2)16(13-17)14-19(23)21-9-4-10-22(12-11-21)20(24)15-5-3-6-15/h7-8,13,15H,3-6,9-12,14H2,1-2H3. The number of hydrogen-bond donors (Lipinski definition) is 0. The zero-order valence-corrected chi connectivity index (χ0v) is 15.7. The Hall–Kier alpha value is -2.24. The van der Waals surface area contributed by atoms with Crippen molar-refractivity contribution in [2.75, 3.05) is 40.4 Å². The molecule has 0 bridgehead atoms. The van der Waals surface area contributed by atoms with Crippen molar-refractivity contribution in [1.29, 1.82) is 0 Å². The third-order valence-electron chi connectivity index (χ3n) is 5.44. The molecule has 1 heterocycles. The van der Waals surface area contributed by atoms with Crippen molar-refractivity contribution in [3.8, 4) is 11.5 Å². The van der Waals surface area contributed by atoms with Gasteiger partial charge in [-0.2, -0.15) is 0 Å². The Labute approximate surface area is 155 Å². The van der Waals surface area contributed by atoms with E-state index in [4.69, 9.17) is 9.47 Å². The van der Waals surface area contributed by atoms with Gasteiger partial charge in [0.1, 0.15) is 11.5 Å². The molecule has 0 N–H and O–H groups in total. The summed E-state index contributed by atoms with van der Waals surface area (Å²) < 4.78 is 10.6. The highest BCUT2D eigenvalue weighted by Crippen LogP contribution is 2.29. The van der Waals surface area contributed by atoms with Crippen LogP contribution in [0.4, 0.5) is 0 Å². The molecule has 0 radical (unpaired) electrons. The van der Waals surface area contributed by atoms with E-state index >= 15 is 0 Å². The van der Waals surface area contributed by atoms with E-state index in [-0.39, 0.29) is 24.2 Å². The maximum absolute atomic E-state index is 12.8. The first-order valence-corrected chi connectivity index (χ1v) is 9.40. The molecule has 0 spiro atoms. The second-order valence-corrected chi connectivity index (χ2v) is 7.04. The van der Waals surface area contributed by atoms with Gasteiger partial charge in [-0.15, -0.1) is 0 Å². The van der Waals surface area contributed by atoms with Crippen molar-refractivity contribution in [2.24, 2.45) is 5.92 Å². The van der Waals surface area contributed by atoms with Crippen LogP contribution in [0.1, 0.15) is 31.2 Å². The molecule has 0 atom stereocenters. The van der Waals surface area contributed by atoms with Gasteiger partial charge in [0.05, 0.1) is 20.6 Å². The average Bonchev–Trinajstić information content (AvgIpc) is 2.86. The Morgan fingerprint density at radius 1 is 1.00 bits per heavy atom. The number of hydrogen-bond acceptors (Lipinski definition) is 4. The van der Waals surface area contributed by atoms with E-state index in [0.717, 1.165) is 37.8 Å². The first kappa shape index (κ1) is 18.5. The minimum Gasteiger partial charge on any atom is -0.497 e. The molecule has 1 saturated heterocycles. The number of benzene rings is 1. The molecule has 2 amide bonds. The molecule has 6 heteroatoms. The first-order chi connectivity index (χ1) is 12.6. The summed E-state index contributed by atoms with van der Waals surface area (Å²) in [5.41, 5.74) is 0.823. The van der Waals surface area contributed by atoms with Crippen LogP contribution in [0.5, 0.6) is 11.5 Å². The number of nitrogens with zero attached hydrogens (tertiary/aromatic N) is 2. The van der Waals surface area contributed by atoms with E-state index < -0.39 is 0 Å². The molecular formula is C20H28N2O4. The molecule has 1 aromatic carbocycles. The summed E-state index contributed by atoms with van der Waals surface area (Å²) in [5.74, 6) is 1.96. The summed E-state index contributed by atoms with van der Waals surface area (Å²) in [4.78, 5) is 29.1. The Bertz CT molecular complexity index is 657. The predicted octanol–water partition coefficient (Wildman–Crippen LogP) is 2.11. The molecule has 1 saturated carbocycles. The first-order valence-electron chi connectivity index (χ1n) is 9.40. The average molecular weight is 360 g/mol. The van der Waals surface area contributed by atoms with Gasteiger partial charge < -0.3 is 19.3 Å². The summed E-state index contributed by atoms with van der Waals surface area (Å²) in [6, 6.07) is 5.49. The van der Waals surface area contributed by atoms with E-state index in [2.05, 4.69) is 0 Å². The Morgan fingerprint density at radius 2 is 1.73 bits per heavy atom. The molecular weight excluding hydrogens is 332 g/mol. The lowest BCUT2D eigenvalue weighted by Gasteiger charge is -2.31. The van der Waals surface area contributed by atoms with Gasteiger partial charge in [-0.05, 0) is 37.5 Å². The molecule has 2 fully saturated rings. The van der Waals surface area contributed by atoms with Crippen molar-refractivity contribution in [3.63, 3.8) is 0 Å². The smallest absolute Gasteiger partial charge is 0.227 e. The quantitative estimate of drug-likeness (QED) is 0.807. The SMILES string of the molecule is COc1ccc(OC)c(CC(=O)N2CCCN(C(=O)C3CCC3)CC2)c1. The molecule has 1 aliphatic heterocycles. The lowest BCUT2D eigenvalue weighted by atomic mass is 9.84. The highest BCUT2D eigenvalue weighted by molar-refractivity contribution is 5.81. The van der Waals surface area contributed by atoms with Crippen molar-refractivity contribution in [2.45, 2.75) is 32.1 Å². The number of ether oxygens (including phenoxy) is 2. The summed E-state index contributed by atoms with van der Waals surface area (Å²) in [7, 11) is 3.21. The zero-order valence-electron chi connectivity index (χ0n) is 15.7. The van der Waals surface area contributed by atoms with E-state index in [1.54, 1.807) is 14.2 Å². The van der Waals surface area contributed by atoms with Crippen LogP contribution in [-0.4, -0.2) is 62.0 Å². The van der Waals surface area contributed by atoms with Gasteiger partial charge in [0.25, 0.3) is 0 Å². The van der Waals surface area contributed by atoms with Crippen LogP contribution >= 0.6 is 0 Å². The number of carbonyl (C=O) groups is 2. The lowest BCUT2D eigenvalue weighted by molar-refractivity contribution is -0.138. The van der Waals surface area contributed by atoms with Crippen molar-refractivity contribution in [3.05, 3.63) is 23.8 Å². The fourth-order valence-corrected chi connectivity index (χ4v) is 3.60. The topological polar surface area (TPSA) is 59.1 Å². The van der Waals surface area contributed by atoms with Gasteiger partial charge in [0, 0.05) is 37.7 Å². The molecule has 26 heavy (non-hydrogen) atoms. The van der Waals surface area contributed by atoms with Gasteiger partial charge in [-0.25, -0.2) is 0 Å². The maximum atomic E-state index is 12.8. The van der Waals surface area contributed by atoms with Gasteiger partial charge in [0.2, 0.25) is 11.8 Å². The third kappa shape index (κ3) is 4.11. The van der Waals surface area contributed by atoms with Crippen LogP contribution in [-0.2, 0) is 16.0 Å². The highest BCUT2D eigenvalue weighted by Gasteiger charge is 2.31. The fraction of sp³-hybridized carbons (Fsp3) is 0.600. The molecule has 2 aliphatic rings. The van der Waals surface area contributed by atoms with Crippen LogP contribution in [0.3, 0.4) is 0 Å². The molecule has 142 valence electrons. The van der Waals surface area contributed by atoms with Crippen molar-refractivity contribution in [1.82, 2.24) is 9.80 Å². The van der Waals surface area contributed by atoms with E-state index in [1.165, 1.54) is 0 Å². The molecule has 1 aromatic rings. The summed E-state index contributed by atoms with van der Waals surface area (Å²) in [6.45, 7) is 2.68. The Balaban J connectivity index is 1.60. The summed E-state index contributed by atoms with van der Waals surface area (Å²) in [5, 5.41) is 0. The van der Waals surface area contributed by atoms with Gasteiger partial charge in [-0.3, -0.25) is 9.59 Å². The maximum Gasteiger partial charge on any atom is 0.227 e. The monoisotopic (exact) mass is 360 g/mol. The summed E-state index contributed by atoms with van der Waals surface area (Å²) in [6.07, 6.45) is 4.31. The third-order valence-corrected chi connectivity index (χ3v) is 5.44. The van der Waals surface area contributed by atoms with Crippen LogP contribution in [0.2, 0.25) is 0 Å². The van der Waals surface area contributed by atoms with Gasteiger partial charge in [-0.1, -0.05) is 6.42 Å². The largest absolute Gasteiger partial charge is 0.497 e. The Morgan fingerprint density at radius 3 is 2.38 bits per heavy atom. The van der Waals surface area contributed by atoms with Crippen LogP contribution in [0.25, 0.3) is 0 Å². The fourth-order valence-electron chi connectivity index (χ4n) is 3.60. The van der Waals surface area contributed by atoms with Crippen LogP contribution in [0, 0.1) is 5.92 Å². The number of methoxy groups -OCH3 is 2. The second kappa shape index (κ2) is 8.43. The minimum atomic E-state index is 0.0643. The van der Waals surface area contributed by atoms with E-state index in [1.807, 2.05) is 28.0 Å². The summed E-state index contributed by atoms with van der Waals surface area (Å²) >= 11 is 0. The van der Waals surface area contributed by atoms with Crippen LogP contribution < -0.4 is 9.47 Å². The number of carbonyl (C=O) groups excluding carboxylic acids is 2. The zero-order chi connectivity index (χ0) is 18.5. The molecule has 0 unspecified atom stereocenters. The molecule has 6 nitrogen and oxygen atoms in total. The molecule has 0 aromatic heterocycles. The number of amides is 2. The van der Waals surface area contributed by atoms with Gasteiger partial charge in [0.15, 0.2) is 0 Å². The van der Waals surface area contributed by atoms with E-state index in [9.17, 15) is 9.59 Å². The van der Waals surface area contributed by atoms with E-state index in [0.29, 0.717) is 31.1 Å². The lowest BCUT2D eigenvalue weighted by Crippen LogP contribution is -2.41. The van der Waals surface area contributed by atoms with Crippen molar-refractivity contribution >= 4 is 11.8 Å². The van der Waals surface area contributed by atoms with Crippen LogP contribution in [0.15, 0.2) is 18.2 Å².